The van der Waals surface area contributed by atoms with Gasteiger partial charge in [0.2, 0.25) is 11.8 Å². The standard InChI is InChI=1S/C22H30N4O2S4.C2H4O/c1-18(26-20(28)12-17-30-32-22-10-4-7-15-25-22)8-2-5-13-23-19(27)11-16-29-31-21-9-3-6-14-24-21;1-2-3/h3-4,6-7,9-10,14-15,18H,2,5,8,11-13,16-17H2,1H3,(H,23,27)(H,26,28);2H,1H3. The van der Waals surface area contributed by atoms with Crippen molar-refractivity contribution in [2.45, 2.75) is 62.0 Å². The maximum atomic E-state index is 12.0. The molecule has 2 rings (SSSR count). The molecule has 0 radical (unpaired) electrons. The van der Waals surface area contributed by atoms with Crippen LogP contribution >= 0.6 is 43.2 Å². The van der Waals surface area contributed by atoms with Crippen LogP contribution in [0.1, 0.15) is 46.0 Å². The van der Waals surface area contributed by atoms with Crippen LogP contribution in [0.25, 0.3) is 0 Å². The predicted octanol–water partition coefficient (Wildman–Crippen LogP) is 5.43. The molecule has 11 heteroatoms. The largest absolute Gasteiger partial charge is 0.356 e. The van der Waals surface area contributed by atoms with Crippen LogP contribution in [-0.2, 0) is 14.4 Å². The molecular weight excluding hydrogens is 521 g/mol. The van der Waals surface area contributed by atoms with Crippen molar-refractivity contribution in [3.8, 4) is 0 Å². The minimum absolute atomic E-state index is 0.0843. The maximum Gasteiger partial charge on any atom is 0.221 e. The number of aldehydes is 1. The van der Waals surface area contributed by atoms with E-state index in [4.69, 9.17) is 4.79 Å². The molecule has 0 saturated carbocycles. The third-order valence-electron chi connectivity index (χ3n) is 4.18. The second-order valence-electron chi connectivity index (χ2n) is 7.20. The van der Waals surface area contributed by atoms with Crippen LogP contribution in [0.5, 0.6) is 0 Å². The topological polar surface area (TPSA) is 101 Å². The minimum Gasteiger partial charge on any atom is -0.356 e. The number of rotatable bonds is 16. The zero-order valence-electron chi connectivity index (χ0n) is 20.2. The highest BCUT2D eigenvalue weighted by Gasteiger charge is 2.08. The van der Waals surface area contributed by atoms with E-state index in [1.165, 1.54) is 6.92 Å². The lowest BCUT2D eigenvalue weighted by Crippen LogP contribution is -2.32. The lowest BCUT2D eigenvalue weighted by molar-refractivity contribution is -0.121. The fourth-order valence-corrected chi connectivity index (χ4v) is 6.31. The summed E-state index contributed by atoms with van der Waals surface area (Å²) in [6, 6.07) is 11.8. The first-order valence-corrected chi connectivity index (χ1v) is 16.1. The minimum atomic E-state index is 0.0843. The Hall–Kier alpha value is -1.69. The molecule has 2 aromatic heterocycles. The Labute approximate surface area is 224 Å². The average Bonchev–Trinajstić information content (AvgIpc) is 2.86. The number of aromatic nitrogens is 2. The van der Waals surface area contributed by atoms with Crippen molar-refractivity contribution in [1.29, 1.82) is 0 Å². The molecular formula is C24H34N4O3S4. The number of carbonyl (C=O) groups excluding carboxylic acids is 3. The van der Waals surface area contributed by atoms with Gasteiger partial charge >= 0.3 is 0 Å². The van der Waals surface area contributed by atoms with Gasteiger partial charge in [-0.3, -0.25) is 9.59 Å². The van der Waals surface area contributed by atoms with E-state index >= 15 is 0 Å². The third kappa shape index (κ3) is 18.3. The second kappa shape index (κ2) is 21.6. The number of pyridine rings is 2. The molecule has 1 unspecified atom stereocenters. The van der Waals surface area contributed by atoms with Gasteiger partial charge in [-0.25, -0.2) is 9.97 Å². The van der Waals surface area contributed by atoms with Gasteiger partial charge in [0.1, 0.15) is 16.3 Å². The molecule has 1 atom stereocenters. The highest BCUT2D eigenvalue weighted by Crippen LogP contribution is 2.30. The summed E-state index contributed by atoms with van der Waals surface area (Å²) < 4.78 is 0. The molecule has 2 aromatic rings. The number of nitrogens with zero attached hydrogens (tertiary/aromatic N) is 2. The SMILES string of the molecule is CC(CCCCNC(=O)CCSSc1ccccn1)NC(=O)CCSSc1ccccn1.CC=O. The van der Waals surface area contributed by atoms with E-state index in [2.05, 4.69) is 20.6 Å². The van der Waals surface area contributed by atoms with Gasteiger partial charge < -0.3 is 15.4 Å². The Bertz CT molecular complexity index is 832. The van der Waals surface area contributed by atoms with E-state index in [0.29, 0.717) is 19.4 Å². The molecule has 0 fully saturated rings. The van der Waals surface area contributed by atoms with Gasteiger partial charge in [0.15, 0.2) is 0 Å². The van der Waals surface area contributed by atoms with Crippen LogP contribution in [0.3, 0.4) is 0 Å². The van der Waals surface area contributed by atoms with Crippen LogP contribution < -0.4 is 10.6 Å². The second-order valence-corrected chi connectivity index (χ2v) is 12.1. The number of amides is 2. The zero-order chi connectivity index (χ0) is 25.6. The normalized spacial score (nSPS) is 11.0. The molecule has 7 nitrogen and oxygen atoms in total. The van der Waals surface area contributed by atoms with Gasteiger partial charge in [0.05, 0.1) is 0 Å². The summed E-state index contributed by atoms with van der Waals surface area (Å²) in [5.41, 5.74) is 0. The van der Waals surface area contributed by atoms with Crippen molar-refractivity contribution >= 4 is 61.3 Å². The van der Waals surface area contributed by atoms with E-state index in [0.717, 1.165) is 47.1 Å². The third-order valence-corrected chi connectivity index (χ3v) is 8.72. The number of hydrogen-bond acceptors (Lipinski definition) is 9. The number of unbranched alkanes of at least 4 members (excludes halogenated alkanes) is 1. The highest BCUT2D eigenvalue weighted by atomic mass is 33.1. The first-order chi connectivity index (χ1) is 17.0. The molecule has 0 saturated heterocycles. The number of nitrogens with one attached hydrogen (secondary N) is 2. The summed E-state index contributed by atoms with van der Waals surface area (Å²) in [6.45, 7) is 4.15. The van der Waals surface area contributed by atoms with Gasteiger partial charge in [0.25, 0.3) is 0 Å². The molecule has 0 aliphatic rings. The number of hydrogen-bond donors (Lipinski definition) is 2. The van der Waals surface area contributed by atoms with Gasteiger partial charge in [-0.05, 0) is 79.0 Å². The smallest absolute Gasteiger partial charge is 0.221 e. The Kier molecular flexibility index (Phi) is 19.3. The predicted molar refractivity (Wildman–Crippen MR) is 151 cm³/mol. The van der Waals surface area contributed by atoms with E-state index in [1.54, 1.807) is 55.6 Å². The molecule has 192 valence electrons. The summed E-state index contributed by atoms with van der Waals surface area (Å²) >= 11 is 0. The summed E-state index contributed by atoms with van der Waals surface area (Å²) in [7, 11) is 6.47. The van der Waals surface area contributed by atoms with Crippen molar-refractivity contribution in [3.05, 3.63) is 48.8 Å². The van der Waals surface area contributed by atoms with Crippen molar-refractivity contribution in [3.63, 3.8) is 0 Å². The van der Waals surface area contributed by atoms with E-state index in [1.807, 2.05) is 43.3 Å². The lowest BCUT2D eigenvalue weighted by atomic mass is 10.1. The first kappa shape index (κ1) is 31.3. The van der Waals surface area contributed by atoms with Gasteiger partial charge in [0, 0.05) is 49.3 Å². The lowest BCUT2D eigenvalue weighted by Gasteiger charge is -2.14. The molecule has 2 heterocycles. The van der Waals surface area contributed by atoms with Gasteiger partial charge in [-0.2, -0.15) is 0 Å². The Morgan fingerprint density at radius 1 is 0.914 bits per heavy atom. The Morgan fingerprint density at radius 3 is 1.97 bits per heavy atom. The van der Waals surface area contributed by atoms with Gasteiger partial charge in [-0.15, -0.1) is 0 Å². The maximum absolute atomic E-state index is 12.0. The van der Waals surface area contributed by atoms with Crippen LogP contribution in [0.15, 0.2) is 58.8 Å². The van der Waals surface area contributed by atoms with Crippen LogP contribution in [0.2, 0.25) is 0 Å². The Morgan fingerprint density at radius 2 is 1.46 bits per heavy atom. The molecule has 2 amide bonds. The number of carbonyl (C=O) groups is 3. The van der Waals surface area contributed by atoms with Crippen molar-refractivity contribution in [2.75, 3.05) is 18.1 Å². The van der Waals surface area contributed by atoms with E-state index in [-0.39, 0.29) is 17.9 Å². The molecule has 0 bridgehead atoms. The molecule has 0 aliphatic carbocycles. The summed E-state index contributed by atoms with van der Waals surface area (Å²) in [5.74, 6) is 1.68. The first-order valence-electron chi connectivity index (χ1n) is 11.4. The highest BCUT2D eigenvalue weighted by molar-refractivity contribution is 8.77. The Balaban J connectivity index is 0.00000194. The quantitative estimate of drug-likeness (QED) is 0.160. The molecule has 2 N–H and O–H groups in total. The fourth-order valence-electron chi connectivity index (χ4n) is 2.58. The molecule has 35 heavy (non-hydrogen) atoms. The van der Waals surface area contributed by atoms with E-state index < -0.39 is 0 Å². The van der Waals surface area contributed by atoms with Crippen LogP contribution in [-0.4, -0.2) is 52.2 Å². The average molecular weight is 555 g/mol. The van der Waals surface area contributed by atoms with Crippen molar-refractivity contribution in [2.24, 2.45) is 0 Å². The fraction of sp³-hybridized carbons (Fsp3) is 0.458. The van der Waals surface area contributed by atoms with Crippen LogP contribution in [0, 0.1) is 0 Å². The zero-order valence-corrected chi connectivity index (χ0v) is 23.4. The van der Waals surface area contributed by atoms with E-state index in [9.17, 15) is 9.59 Å². The van der Waals surface area contributed by atoms with Crippen molar-refractivity contribution in [1.82, 2.24) is 20.6 Å². The molecule has 0 spiro atoms. The van der Waals surface area contributed by atoms with Gasteiger partial charge in [-0.1, -0.05) is 33.7 Å². The summed E-state index contributed by atoms with van der Waals surface area (Å²) in [4.78, 5) is 41.2. The van der Waals surface area contributed by atoms with Crippen molar-refractivity contribution < 1.29 is 14.4 Å². The molecule has 0 aliphatic heterocycles. The molecule has 0 aromatic carbocycles. The summed E-state index contributed by atoms with van der Waals surface area (Å²) in [5, 5.41) is 7.94. The van der Waals surface area contributed by atoms with Crippen LogP contribution in [0.4, 0.5) is 0 Å². The monoisotopic (exact) mass is 554 g/mol. The summed E-state index contributed by atoms with van der Waals surface area (Å²) in [6.07, 6.45) is 8.09.